The molecule has 1 aromatic carbocycles. The van der Waals surface area contributed by atoms with E-state index in [1.807, 2.05) is 6.92 Å². The van der Waals surface area contributed by atoms with E-state index >= 15 is 0 Å². The van der Waals surface area contributed by atoms with Crippen LogP contribution >= 0.6 is 15.9 Å². The number of rotatable bonds is 6. The van der Waals surface area contributed by atoms with Crippen LogP contribution < -0.4 is 5.32 Å². The number of carbonyl (C=O) groups excluding carboxylic acids is 1. The van der Waals surface area contributed by atoms with Crippen molar-refractivity contribution in [2.45, 2.75) is 13.3 Å². The maximum Gasteiger partial charge on any atom is 0.282 e. The molecule has 1 unspecified atom stereocenters. The molecule has 104 valence electrons. The van der Waals surface area contributed by atoms with Crippen LogP contribution in [0.2, 0.25) is 0 Å². The van der Waals surface area contributed by atoms with Gasteiger partial charge in [0.1, 0.15) is 11.4 Å². The standard InChI is InChI=1S/C12H14BrFN2O3/c1-8(4-5-13)7-15-12(17)10-6-9(14)2-3-11(10)16(18)19/h2-3,6,8H,4-5,7H2,1H3,(H,15,17). The minimum Gasteiger partial charge on any atom is -0.352 e. The second-order valence-electron chi connectivity index (χ2n) is 4.21. The summed E-state index contributed by atoms with van der Waals surface area (Å²) >= 11 is 3.29. The van der Waals surface area contributed by atoms with Crippen molar-refractivity contribution in [2.24, 2.45) is 5.92 Å². The van der Waals surface area contributed by atoms with Crippen LogP contribution in [0.3, 0.4) is 0 Å². The van der Waals surface area contributed by atoms with E-state index in [2.05, 4.69) is 21.2 Å². The summed E-state index contributed by atoms with van der Waals surface area (Å²) < 4.78 is 13.1. The summed E-state index contributed by atoms with van der Waals surface area (Å²) in [4.78, 5) is 21.9. The number of alkyl halides is 1. The summed E-state index contributed by atoms with van der Waals surface area (Å²) in [7, 11) is 0. The van der Waals surface area contributed by atoms with Gasteiger partial charge in [0.15, 0.2) is 0 Å². The van der Waals surface area contributed by atoms with Gasteiger partial charge in [0.25, 0.3) is 11.6 Å². The van der Waals surface area contributed by atoms with Gasteiger partial charge in [-0.3, -0.25) is 14.9 Å². The van der Waals surface area contributed by atoms with E-state index in [4.69, 9.17) is 0 Å². The first kappa shape index (κ1) is 15.6. The van der Waals surface area contributed by atoms with Gasteiger partial charge >= 0.3 is 0 Å². The average molecular weight is 333 g/mol. The van der Waals surface area contributed by atoms with E-state index in [9.17, 15) is 19.3 Å². The van der Waals surface area contributed by atoms with Gasteiger partial charge in [-0.15, -0.1) is 0 Å². The topological polar surface area (TPSA) is 72.2 Å². The van der Waals surface area contributed by atoms with Gasteiger partial charge in [0.2, 0.25) is 0 Å². The number of carbonyl (C=O) groups is 1. The fourth-order valence-corrected chi connectivity index (χ4v) is 2.28. The van der Waals surface area contributed by atoms with Gasteiger partial charge in [-0.2, -0.15) is 0 Å². The quantitative estimate of drug-likeness (QED) is 0.494. The maximum absolute atomic E-state index is 13.1. The molecule has 1 N–H and O–H groups in total. The number of benzene rings is 1. The van der Waals surface area contributed by atoms with Crippen LogP contribution in [0.1, 0.15) is 23.7 Å². The predicted molar refractivity (Wildman–Crippen MR) is 73.0 cm³/mol. The van der Waals surface area contributed by atoms with Crippen LogP contribution in [0.15, 0.2) is 18.2 Å². The lowest BCUT2D eigenvalue weighted by Crippen LogP contribution is -2.29. The largest absolute Gasteiger partial charge is 0.352 e. The molecule has 7 heteroatoms. The summed E-state index contributed by atoms with van der Waals surface area (Å²) in [5.74, 6) is -1.08. The smallest absolute Gasteiger partial charge is 0.282 e. The highest BCUT2D eigenvalue weighted by Gasteiger charge is 2.20. The molecule has 0 spiro atoms. The van der Waals surface area contributed by atoms with E-state index < -0.39 is 22.3 Å². The fraction of sp³-hybridized carbons (Fsp3) is 0.417. The third kappa shape index (κ3) is 4.59. The molecule has 0 aliphatic rings. The Morgan fingerprint density at radius 1 is 1.58 bits per heavy atom. The fourth-order valence-electron chi connectivity index (χ4n) is 1.50. The van der Waals surface area contributed by atoms with Gasteiger partial charge < -0.3 is 5.32 Å². The molecule has 0 aliphatic carbocycles. The van der Waals surface area contributed by atoms with Crippen molar-refractivity contribution in [1.29, 1.82) is 0 Å². The van der Waals surface area contributed by atoms with Gasteiger partial charge in [-0.05, 0) is 24.5 Å². The minimum atomic E-state index is -0.698. The van der Waals surface area contributed by atoms with Crippen molar-refractivity contribution in [2.75, 3.05) is 11.9 Å². The minimum absolute atomic E-state index is 0.232. The number of amides is 1. The molecule has 0 aliphatic heterocycles. The molecule has 0 radical (unpaired) electrons. The molecular weight excluding hydrogens is 319 g/mol. The Morgan fingerprint density at radius 3 is 2.84 bits per heavy atom. The van der Waals surface area contributed by atoms with Crippen LogP contribution in [0.5, 0.6) is 0 Å². The highest BCUT2D eigenvalue weighted by Crippen LogP contribution is 2.19. The molecule has 0 saturated carbocycles. The second-order valence-corrected chi connectivity index (χ2v) is 5.00. The Bertz CT molecular complexity index is 482. The van der Waals surface area contributed by atoms with Crippen molar-refractivity contribution in [3.8, 4) is 0 Å². The number of nitro benzene ring substituents is 1. The summed E-state index contributed by atoms with van der Waals surface area (Å²) in [6.07, 6.45) is 0.867. The van der Waals surface area contributed by atoms with E-state index in [1.54, 1.807) is 0 Å². The first-order chi connectivity index (χ1) is 8.95. The molecule has 0 saturated heterocycles. The highest BCUT2D eigenvalue weighted by atomic mass is 79.9. The second kappa shape index (κ2) is 7.18. The molecule has 5 nitrogen and oxygen atoms in total. The van der Waals surface area contributed by atoms with Crippen LogP contribution in [0.4, 0.5) is 10.1 Å². The van der Waals surface area contributed by atoms with Gasteiger partial charge in [0, 0.05) is 17.9 Å². The lowest BCUT2D eigenvalue weighted by molar-refractivity contribution is -0.385. The zero-order valence-electron chi connectivity index (χ0n) is 10.4. The number of nitrogens with zero attached hydrogens (tertiary/aromatic N) is 1. The molecule has 1 atom stereocenters. The van der Waals surface area contributed by atoms with Crippen molar-refractivity contribution < 1.29 is 14.1 Å². The Kier molecular flexibility index (Phi) is 5.88. The van der Waals surface area contributed by atoms with E-state index in [0.717, 1.165) is 30.0 Å². The van der Waals surface area contributed by atoms with E-state index in [0.29, 0.717) is 6.54 Å². The van der Waals surface area contributed by atoms with E-state index in [1.165, 1.54) is 0 Å². The lowest BCUT2D eigenvalue weighted by atomic mass is 10.1. The Balaban J connectivity index is 2.81. The normalized spacial score (nSPS) is 11.9. The summed E-state index contributed by atoms with van der Waals surface area (Å²) in [6, 6.07) is 2.83. The molecule has 0 fully saturated rings. The Hall–Kier alpha value is -1.50. The molecule has 1 rings (SSSR count). The number of hydrogen-bond donors (Lipinski definition) is 1. The number of nitro groups is 1. The zero-order valence-corrected chi connectivity index (χ0v) is 11.9. The van der Waals surface area contributed by atoms with Crippen molar-refractivity contribution in [3.63, 3.8) is 0 Å². The van der Waals surface area contributed by atoms with Crippen LogP contribution in [0, 0.1) is 21.8 Å². The van der Waals surface area contributed by atoms with Crippen LogP contribution in [-0.2, 0) is 0 Å². The third-order valence-electron chi connectivity index (χ3n) is 2.61. The molecule has 0 heterocycles. The average Bonchev–Trinajstić information content (AvgIpc) is 2.35. The molecule has 0 aromatic heterocycles. The molecule has 1 aromatic rings. The maximum atomic E-state index is 13.1. The van der Waals surface area contributed by atoms with Gasteiger partial charge in [0.05, 0.1) is 4.92 Å². The zero-order chi connectivity index (χ0) is 14.4. The Morgan fingerprint density at radius 2 is 2.26 bits per heavy atom. The number of nitrogens with one attached hydrogen (secondary N) is 1. The monoisotopic (exact) mass is 332 g/mol. The lowest BCUT2D eigenvalue weighted by Gasteiger charge is -2.11. The first-order valence-corrected chi connectivity index (χ1v) is 6.86. The van der Waals surface area contributed by atoms with Gasteiger partial charge in [-0.1, -0.05) is 22.9 Å². The van der Waals surface area contributed by atoms with Crippen LogP contribution in [0.25, 0.3) is 0 Å². The number of halogens is 2. The third-order valence-corrected chi connectivity index (χ3v) is 3.07. The molecule has 19 heavy (non-hydrogen) atoms. The summed E-state index contributed by atoms with van der Waals surface area (Å²) in [5.41, 5.74) is -0.650. The van der Waals surface area contributed by atoms with Crippen molar-refractivity contribution >= 4 is 27.5 Å². The van der Waals surface area contributed by atoms with Crippen molar-refractivity contribution in [3.05, 3.63) is 39.7 Å². The molecular formula is C12H14BrFN2O3. The SMILES string of the molecule is CC(CCBr)CNC(=O)c1cc(F)ccc1[N+](=O)[O-]. The summed E-state index contributed by atoms with van der Waals surface area (Å²) in [5, 5.41) is 14.2. The highest BCUT2D eigenvalue weighted by molar-refractivity contribution is 9.09. The molecule has 0 bridgehead atoms. The number of hydrogen-bond acceptors (Lipinski definition) is 3. The van der Waals surface area contributed by atoms with E-state index in [-0.39, 0.29) is 11.5 Å². The first-order valence-electron chi connectivity index (χ1n) is 5.73. The van der Waals surface area contributed by atoms with Crippen molar-refractivity contribution in [1.82, 2.24) is 5.32 Å². The summed E-state index contributed by atoms with van der Waals surface area (Å²) in [6.45, 7) is 2.33. The van der Waals surface area contributed by atoms with Crippen LogP contribution in [-0.4, -0.2) is 22.7 Å². The Labute approximate surface area is 118 Å². The van der Waals surface area contributed by atoms with Gasteiger partial charge in [-0.25, -0.2) is 4.39 Å². The predicted octanol–water partition coefficient (Wildman–Crippen LogP) is 2.88. The molecule has 1 amide bonds.